The molecule has 5 nitrogen and oxygen atoms in total. The highest BCUT2D eigenvalue weighted by Gasteiger charge is 2.18. The zero-order chi connectivity index (χ0) is 19.3. The molecule has 0 atom stereocenters. The Morgan fingerprint density at radius 2 is 1.36 bits per heavy atom. The molecule has 134 valence electrons. The Morgan fingerprint density at radius 3 is 2.00 bits per heavy atom. The molecule has 28 heavy (non-hydrogen) atoms. The number of benzene rings is 3. The predicted molar refractivity (Wildman–Crippen MR) is 109 cm³/mol. The smallest absolute Gasteiger partial charge is 0.228 e. The van der Waals surface area contributed by atoms with E-state index >= 15 is 0 Å². The standard InChI is InChI=1S/C23H16N4O/c24-15-20-21(16-8-3-1-4-9-16)26-23(25-18-11-5-2-6-12-18)27-22(20)17-10-7-13-19(28)14-17/h1-14,28H,(H,25,26,27). The third-order valence-electron chi connectivity index (χ3n) is 4.22. The molecule has 3 aromatic carbocycles. The molecule has 0 saturated heterocycles. The molecule has 1 heterocycles. The van der Waals surface area contributed by atoms with Crippen LogP contribution >= 0.6 is 0 Å². The van der Waals surface area contributed by atoms with E-state index in [-0.39, 0.29) is 5.75 Å². The Labute approximate surface area is 162 Å². The monoisotopic (exact) mass is 364 g/mol. The molecule has 0 aliphatic carbocycles. The van der Waals surface area contributed by atoms with Gasteiger partial charge in [-0.05, 0) is 24.3 Å². The molecule has 0 bridgehead atoms. The first-order chi connectivity index (χ1) is 13.7. The van der Waals surface area contributed by atoms with E-state index in [1.807, 2.05) is 66.7 Å². The molecule has 0 amide bonds. The maximum atomic E-state index is 9.89. The second-order valence-corrected chi connectivity index (χ2v) is 6.14. The molecule has 4 rings (SSSR count). The van der Waals surface area contributed by atoms with Crippen LogP contribution in [0.15, 0.2) is 84.9 Å². The van der Waals surface area contributed by atoms with E-state index in [0.717, 1.165) is 11.3 Å². The van der Waals surface area contributed by atoms with Crippen molar-refractivity contribution in [2.45, 2.75) is 0 Å². The molecule has 2 N–H and O–H groups in total. The van der Waals surface area contributed by atoms with Gasteiger partial charge in [0.1, 0.15) is 17.4 Å². The summed E-state index contributed by atoms with van der Waals surface area (Å²) in [6.07, 6.45) is 0. The summed E-state index contributed by atoms with van der Waals surface area (Å²) in [4.78, 5) is 9.19. The normalized spacial score (nSPS) is 10.2. The zero-order valence-electron chi connectivity index (χ0n) is 14.9. The first kappa shape index (κ1) is 17.3. The summed E-state index contributed by atoms with van der Waals surface area (Å²) in [5.41, 5.74) is 3.66. The lowest BCUT2D eigenvalue weighted by Crippen LogP contribution is -2.03. The number of phenols is 1. The zero-order valence-corrected chi connectivity index (χ0v) is 14.9. The Balaban J connectivity index is 1.93. The fourth-order valence-electron chi connectivity index (χ4n) is 2.94. The molecule has 0 radical (unpaired) electrons. The minimum absolute atomic E-state index is 0.110. The maximum absolute atomic E-state index is 9.89. The van der Waals surface area contributed by atoms with Crippen molar-refractivity contribution in [3.63, 3.8) is 0 Å². The van der Waals surface area contributed by atoms with Crippen LogP contribution in [0.3, 0.4) is 0 Å². The number of aromatic nitrogens is 2. The third-order valence-corrected chi connectivity index (χ3v) is 4.22. The Kier molecular flexibility index (Phi) is 4.68. The Morgan fingerprint density at radius 1 is 0.750 bits per heavy atom. The minimum atomic E-state index is 0.110. The van der Waals surface area contributed by atoms with Crippen LogP contribution in [-0.2, 0) is 0 Å². The largest absolute Gasteiger partial charge is 0.508 e. The lowest BCUT2D eigenvalue weighted by atomic mass is 10.0. The number of nitrogens with zero attached hydrogens (tertiary/aromatic N) is 3. The molecule has 0 spiro atoms. The molecular formula is C23H16N4O. The first-order valence-electron chi connectivity index (χ1n) is 8.73. The number of hydrogen-bond donors (Lipinski definition) is 2. The van der Waals surface area contributed by atoms with Gasteiger partial charge < -0.3 is 10.4 Å². The Bertz CT molecular complexity index is 1150. The van der Waals surface area contributed by atoms with Gasteiger partial charge in [0.05, 0.1) is 11.4 Å². The van der Waals surface area contributed by atoms with Crippen LogP contribution in [-0.4, -0.2) is 15.1 Å². The van der Waals surface area contributed by atoms with E-state index in [4.69, 9.17) is 0 Å². The molecule has 4 aromatic rings. The van der Waals surface area contributed by atoms with Gasteiger partial charge >= 0.3 is 0 Å². The lowest BCUT2D eigenvalue weighted by Gasteiger charge is -2.13. The number of para-hydroxylation sites is 1. The summed E-state index contributed by atoms with van der Waals surface area (Å²) in [6, 6.07) is 28.1. The summed E-state index contributed by atoms with van der Waals surface area (Å²) in [5.74, 6) is 0.487. The van der Waals surface area contributed by atoms with Gasteiger partial charge in [-0.3, -0.25) is 0 Å². The topological polar surface area (TPSA) is 81.8 Å². The third kappa shape index (κ3) is 3.53. The highest BCUT2D eigenvalue weighted by molar-refractivity contribution is 5.79. The van der Waals surface area contributed by atoms with Crippen LogP contribution < -0.4 is 5.32 Å². The second-order valence-electron chi connectivity index (χ2n) is 6.14. The number of hydrogen-bond acceptors (Lipinski definition) is 5. The molecule has 0 aliphatic rings. The van der Waals surface area contributed by atoms with E-state index in [9.17, 15) is 10.4 Å². The molecule has 0 unspecified atom stereocenters. The van der Waals surface area contributed by atoms with Crippen molar-refractivity contribution in [1.29, 1.82) is 5.26 Å². The summed E-state index contributed by atoms with van der Waals surface area (Å²) >= 11 is 0. The molecule has 5 heteroatoms. The van der Waals surface area contributed by atoms with Crippen LogP contribution in [0, 0.1) is 11.3 Å². The van der Waals surface area contributed by atoms with Crippen LogP contribution in [0.4, 0.5) is 11.6 Å². The van der Waals surface area contributed by atoms with Gasteiger partial charge in [0.25, 0.3) is 0 Å². The quantitative estimate of drug-likeness (QED) is 0.524. The van der Waals surface area contributed by atoms with Crippen LogP contribution in [0.2, 0.25) is 0 Å². The van der Waals surface area contributed by atoms with Crippen LogP contribution in [0.5, 0.6) is 5.75 Å². The van der Waals surface area contributed by atoms with E-state index in [2.05, 4.69) is 21.4 Å². The molecule has 0 saturated carbocycles. The number of nitriles is 1. The maximum Gasteiger partial charge on any atom is 0.228 e. The second kappa shape index (κ2) is 7.60. The van der Waals surface area contributed by atoms with Gasteiger partial charge in [-0.15, -0.1) is 0 Å². The van der Waals surface area contributed by atoms with Crippen molar-refractivity contribution in [3.8, 4) is 34.3 Å². The molecule has 1 aromatic heterocycles. The average Bonchev–Trinajstić information content (AvgIpc) is 2.74. The van der Waals surface area contributed by atoms with Crippen molar-refractivity contribution in [2.75, 3.05) is 5.32 Å². The highest BCUT2D eigenvalue weighted by Crippen LogP contribution is 2.32. The summed E-state index contributed by atoms with van der Waals surface area (Å²) < 4.78 is 0. The summed E-state index contributed by atoms with van der Waals surface area (Å²) in [7, 11) is 0. The van der Waals surface area contributed by atoms with E-state index in [1.165, 1.54) is 0 Å². The van der Waals surface area contributed by atoms with Crippen LogP contribution in [0.25, 0.3) is 22.5 Å². The molecule has 0 fully saturated rings. The molecular weight excluding hydrogens is 348 g/mol. The van der Waals surface area contributed by atoms with Crippen molar-refractivity contribution >= 4 is 11.6 Å². The number of rotatable bonds is 4. The van der Waals surface area contributed by atoms with Gasteiger partial charge in [0.2, 0.25) is 5.95 Å². The lowest BCUT2D eigenvalue weighted by molar-refractivity contribution is 0.475. The number of nitrogens with one attached hydrogen (secondary N) is 1. The summed E-state index contributed by atoms with van der Waals surface area (Å²) in [5, 5.41) is 22.9. The van der Waals surface area contributed by atoms with Crippen molar-refractivity contribution in [1.82, 2.24) is 9.97 Å². The Hall–Kier alpha value is -4.17. The number of aromatic hydroxyl groups is 1. The van der Waals surface area contributed by atoms with Crippen molar-refractivity contribution in [3.05, 3.63) is 90.5 Å². The van der Waals surface area contributed by atoms with Crippen molar-refractivity contribution < 1.29 is 5.11 Å². The molecule has 0 aliphatic heterocycles. The fourth-order valence-corrected chi connectivity index (χ4v) is 2.94. The fraction of sp³-hybridized carbons (Fsp3) is 0. The minimum Gasteiger partial charge on any atom is -0.508 e. The predicted octanol–water partition coefficient (Wildman–Crippen LogP) is 5.13. The number of phenolic OH excluding ortho intramolecular Hbond substituents is 1. The number of anilines is 2. The van der Waals surface area contributed by atoms with E-state index < -0.39 is 0 Å². The van der Waals surface area contributed by atoms with Gasteiger partial charge in [-0.25, -0.2) is 9.97 Å². The highest BCUT2D eigenvalue weighted by atomic mass is 16.3. The summed E-state index contributed by atoms with van der Waals surface area (Å²) in [6.45, 7) is 0. The van der Waals surface area contributed by atoms with Gasteiger partial charge in [-0.1, -0.05) is 60.7 Å². The van der Waals surface area contributed by atoms with Gasteiger partial charge in [-0.2, -0.15) is 5.26 Å². The van der Waals surface area contributed by atoms with Crippen LogP contribution in [0.1, 0.15) is 5.56 Å². The van der Waals surface area contributed by atoms with E-state index in [1.54, 1.807) is 18.2 Å². The first-order valence-corrected chi connectivity index (χ1v) is 8.73. The average molecular weight is 364 g/mol. The SMILES string of the molecule is N#Cc1c(-c2ccccc2)nc(Nc2ccccc2)nc1-c1cccc(O)c1. The van der Waals surface area contributed by atoms with Crippen molar-refractivity contribution in [2.24, 2.45) is 0 Å². The van der Waals surface area contributed by atoms with Gasteiger partial charge in [0.15, 0.2) is 0 Å². The van der Waals surface area contributed by atoms with E-state index in [0.29, 0.717) is 28.5 Å². The van der Waals surface area contributed by atoms with Gasteiger partial charge in [0, 0.05) is 16.8 Å².